The van der Waals surface area contributed by atoms with E-state index in [1.54, 1.807) is 0 Å². The monoisotopic (exact) mass is 232 g/mol. The van der Waals surface area contributed by atoms with Crippen molar-refractivity contribution in [3.8, 4) is 5.88 Å². The van der Waals surface area contributed by atoms with E-state index in [-0.39, 0.29) is 0 Å². The van der Waals surface area contributed by atoms with E-state index in [1.807, 2.05) is 25.3 Å². The lowest BCUT2D eigenvalue weighted by Crippen LogP contribution is -2.15. The van der Waals surface area contributed by atoms with E-state index in [2.05, 4.69) is 22.5 Å². The van der Waals surface area contributed by atoms with E-state index in [9.17, 15) is 0 Å². The van der Waals surface area contributed by atoms with Crippen molar-refractivity contribution in [1.82, 2.24) is 4.98 Å². The van der Waals surface area contributed by atoms with Gasteiger partial charge in [0, 0.05) is 12.6 Å². The van der Waals surface area contributed by atoms with E-state index in [0.717, 1.165) is 18.2 Å². The van der Waals surface area contributed by atoms with Crippen molar-refractivity contribution in [2.24, 2.45) is 5.92 Å². The lowest BCUT2D eigenvalue weighted by atomic mass is 9.94. The number of aromatic nitrogens is 1. The molecule has 0 saturated carbocycles. The molecule has 0 radical (unpaired) electrons. The van der Waals surface area contributed by atoms with Crippen LogP contribution in [0.25, 0.3) is 0 Å². The van der Waals surface area contributed by atoms with Crippen LogP contribution in [0.1, 0.15) is 26.2 Å². The molecule has 1 aliphatic rings. The highest BCUT2D eigenvalue weighted by atomic mass is 16.5. The Hall–Kier alpha value is -1.51. The molecule has 17 heavy (non-hydrogen) atoms. The van der Waals surface area contributed by atoms with Crippen molar-refractivity contribution in [2.45, 2.75) is 26.2 Å². The van der Waals surface area contributed by atoms with Crippen LogP contribution in [0.5, 0.6) is 5.88 Å². The van der Waals surface area contributed by atoms with Gasteiger partial charge in [-0.1, -0.05) is 12.2 Å². The van der Waals surface area contributed by atoms with E-state index < -0.39 is 0 Å². The van der Waals surface area contributed by atoms with Gasteiger partial charge in [-0.2, -0.15) is 0 Å². The maximum atomic E-state index is 5.31. The zero-order valence-corrected chi connectivity index (χ0v) is 10.4. The third-order valence-electron chi connectivity index (χ3n) is 3.00. The van der Waals surface area contributed by atoms with Crippen LogP contribution in [0.15, 0.2) is 30.5 Å². The molecule has 0 aromatic carbocycles. The van der Waals surface area contributed by atoms with Gasteiger partial charge in [-0.05, 0) is 38.2 Å². The Balaban J connectivity index is 1.80. The largest absolute Gasteiger partial charge is 0.478 e. The van der Waals surface area contributed by atoms with E-state index >= 15 is 0 Å². The molecule has 0 bridgehead atoms. The average Bonchev–Trinajstić information content (AvgIpc) is 2.40. The van der Waals surface area contributed by atoms with Gasteiger partial charge in [0.25, 0.3) is 0 Å². The smallest absolute Gasteiger partial charge is 0.213 e. The Morgan fingerprint density at radius 2 is 2.35 bits per heavy atom. The molecule has 1 N–H and O–H groups in total. The molecular weight excluding hydrogens is 212 g/mol. The highest BCUT2D eigenvalue weighted by Gasteiger charge is 2.09. The lowest BCUT2D eigenvalue weighted by Gasteiger charge is -2.18. The standard InChI is InChI=1S/C14H20N2O/c1-2-17-14-9-8-13(11-16-14)15-10-12-6-4-3-5-7-12/h3-4,8-9,11-12,15H,2,5-7,10H2,1H3. The third kappa shape index (κ3) is 3.77. The van der Waals surface area contributed by atoms with Crippen molar-refractivity contribution in [1.29, 1.82) is 0 Å². The van der Waals surface area contributed by atoms with Crippen molar-refractivity contribution in [3.05, 3.63) is 30.5 Å². The van der Waals surface area contributed by atoms with Gasteiger partial charge in [0.15, 0.2) is 0 Å². The van der Waals surface area contributed by atoms with E-state index in [0.29, 0.717) is 12.5 Å². The summed E-state index contributed by atoms with van der Waals surface area (Å²) in [5, 5.41) is 3.43. The number of ether oxygens (including phenoxy) is 1. The zero-order chi connectivity index (χ0) is 11.9. The Morgan fingerprint density at radius 3 is 3.00 bits per heavy atom. The second kappa shape index (κ2) is 6.28. The molecule has 1 aromatic heterocycles. The molecule has 1 unspecified atom stereocenters. The zero-order valence-electron chi connectivity index (χ0n) is 10.4. The average molecular weight is 232 g/mol. The molecule has 3 heteroatoms. The van der Waals surface area contributed by atoms with E-state index in [4.69, 9.17) is 4.74 Å². The highest BCUT2D eigenvalue weighted by molar-refractivity contribution is 5.42. The number of nitrogens with zero attached hydrogens (tertiary/aromatic N) is 1. The van der Waals surface area contributed by atoms with Crippen LogP contribution in [0, 0.1) is 5.92 Å². The summed E-state index contributed by atoms with van der Waals surface area (Å²) in [7, 11) is 0. The summed E-state index contributed by atoms with van der Waals surface area (Å²) in [6.45, 7) is 3.65. The minimum absolute atomic E-state index is 0.661. The number of hydrogen-bond donors (Lipinski definition) is 1. The third-order valence-corrected chi connectivity index (χ3v) is 3.00. The normalized spacial score (nSPS) is 19.0. The maximum Gasteiger partial charge on any atom is 0.213 e. The molecular formula is C14H20N2O. The number of rotatable bonds is 5. The second-order valence-electron chi connectivity index (χ2n) is 4.35. The highest BCUT2D eigenvalue weighted by Crippen LogP contribution is 2.19. The number of nitrogens with one attached hydrogen (secondary N) is 1. The molecule has 0 saturated heterocycles. The summed E-state index contributed by atoms with van der Waals surface area (Å²) in [6, 6.07) is 3.93. The van der Waals surface area contributed by atoms with Crippen LogP contribution in [-0.2, 0) is 0 Å². The van der Waals surface area contributed by atoms with Crippen LogP contribution < -0.4 is 10.1 Å². The Kier molecular flexibility index (Phi) is 4.42. The predicted octanol–water partition coefficient (Wildman–Crippen LogP) is 3.25. The van der Waals surface area contributed by atoms with Gasteiger partial charge in [0.1, 0.15) is 0 Å². The summed E-state index contributed by atoms with van der Waals surface area (Å²) in [5.41, 5.74) is 1.07. The Labute approximate surface area is 103 Å². The van der Waals surface area contributed by atoms with Gasteiger partial charge in [-0.3, -0.25) is 0 Å². The molecule has 92 valence electrons. The van der Waals surface area contributed by atoms with Gasteiger partial charge in [-0.25, -0.2) is 4.98 Å². The van der Waals surface area contributed by atoms with Gasteiger partial charge >= 0.3 is 0 Å². The first kappa shape index (κ1) is 12.0. The molecule has 1 atom stereocenters. The van der Waals surface area contributed by atoms with Crippen molar-refractivity contribution < 1.29 is 4.74 Å². The summed E-state index contributed by atoms with van der Waals surface area (Å²) in [5.74, 6) is 1.45. The maximum absolute atomic E-state index is 5.31. The fourth-order valence-corrected chi connectivity index (χ4v) is 2.02. The fourth-order valence-electron chi connectivity index (χ4n) is 2.02. The number of pyridine rings is 1. The molecule has 0 amide bonds. The predicted molar refractivity (Wildman–Crippen MR) is 70.4 cm³/mol. The summed E-state index contributed by atoms with van der Waals surface area (Å²) >= 11 is 0. The van der Waals surface area contributed by atoms with Crippen molar-refractivity contribution >= 4 is 5.69 Å². The van der Waals surface area contributed by atoms with Crippen LogP contribution in [0.2, 0.25) is 0 Å². The van der Waals surface area contributed by atoms with Gasteiger partial charge < -0.3 is 10.1 Å². The fraction of sp³-hybridized carbons (Fsp3) is 0.500. The molecule has 1 aromatic rings. The van der Waals surface area contributed by atoms with E-state index in [1.165, 1.54) is 19.3 Å². The summed E-state index contributed by atoms with van der Waals surface area (Å²) < 4.78 is 5.31. The molecule has 0 aliphatic heterocycles. The minimum atomic E-state index is 0.661. The molecule has 1 aliphatic carbocycles. The van der Waals surface area contributed by atoms with Gasteiger partial charge in [-0.15, -0.1) is 0 Å². The van der Waals surface area contributed by atoms with Crippen LogP contribution in [0.4, 0.5) is 5.69 Å². The quantitative estimate of drug-likeness (QED) is 0.791. The summed E-state index contributed by atoms with van der Waals surface area (Å²) in [6.07, 6.45) is 10.1. The topological polar surface area (TPSA) is 34.1 Å². The first-order valence-electron chi connectivity index (χ1n) is 6.36. The number of allylic oxidation sites excluding steroid dienone is 2. The number of anilines is 1. The second-order valence-corrected chi connectivity index (χ2v) is 4.35. The molecule has 1 heterocycles. The molecule has 2 rings (SSSR count). The van der Waals surface area contributed by atoms with Gasteiger partial charge in [0.05, 0.1) is 18.5 Å². The van der Waals surface area contributed by atoms with Crippen molar-refractivity contribution in [3.63, 3.8) is 0 Å². The minimum Gasteiger partial charge on any atom is -0.478 e. The van der Waals surface area contributed by atoms with Crippen LogP contribution in [0.3, 0.4) is 0 Å². The molecule has 0 spiro atoms. The molecule has 3 nitrogen and oxygen atoms in total. The van der Waals surface area contributed by atoms with Crippen molar-refractivity contribution in [2.75, 3.05) is 18.5 Å². The van der Waals surface area contributed by atoms with Crippen LogP contribution in [-0.4, -0.2) is 18.1 Å². The summed E-state index contributed by atoms with van der Waals surface area (Å²) in [4.78, 5) is 4.23. The number of hydrogen-bond acceptors (Lipinski definition) is 3. The Bertz CT molecular complexity index is 359. The van der Waals surface area contributed by atoms with Gasteiger partial charge in [0.2, 0.25) is 5.88 Å². The first-order valence-corrected chi connectivity index (χ1v) is 6.36. The lowest BCUT2D eigenvalue weighted by molar-refractivity contribution is 0.327. The molecule has 0 fully saturated rings. The van der Waals surface area contributed by atoms with Crippen LogP contribution >= 0.6 is 0 Å². The SMILES string of the molecule is CCOc1ccc(NCC2CC=CCC2)cn1. The first-order chi connectivity index (χ1) is 8.38. The Morgan fingerprint density at radius 1 is 1.41 bits per heavy atom.